The van der Waals surface area contributed by atoms with Crippen molar-refractivity contribution in [3.8, 4) is 0 Å². The Morgan fingerprint density at radius 1 is 1.53 bits per heavy atom. The molecule has 0 aromatic carbocycles. The van der Waals surface area contributed by atoms with Crippen LogP contribution >= 0.6 is 15.9 Å². The van der Waals surface area contributed by atoms with Crippen molar-refractivity contribution in [1.29, 1.82) is 0 Å². The molecule has 2 nitrogen and oxygen atoms in total. The Balaban J connectivity index is 4.15. The molecule has 0 aliphatic heterocycles. The van der Waals surface area contributed by atoms with E-state index in [2.05, 4.69) is 27.2 Å². The fourth-order valence-electron chi connectivity index (χ4n) is 1.08. The zero-order valence-corrected chi connectivity index (χ0v) is 12.3. The van der Waals surface area contributed by atoms with Crippen molar-refractivity contribution in [2.45, 2.75) is 50.8 Å². The first-order chi connectivity index (χ1) is 6.91. The highest BCUT2D eigenvalue weighted by Gasteiger charge is 2.21. The summed E-state index contributed by atoms with van der Waals surface area (Å²) >= 11 is 3.41. The van der Waals surface area contributed by atoms with Crippen LogP contribution in [0.2, 0.25) is 0 Å². The molecule has 4 heteroatoms. The molecule has 0 rings (SSSR count). The second kappa shape index (κ2) is 7.58. The second-order valence-corrected chi connectivity index (χ2v) is 7.34. The van der Waals surface area contributed by atoms with E-state index in [1.54, 1.807) is 0 Å². The highest BCUT2D eigenvalue weighted by Crippen LogP contribution is 2.12. The molecule has 0 aromatic rings. The number of hydrogen-bond acceptors (Lipinski definition) is 1. The zero-order chi connectivity index (χ0) is 11.9. The summed E-state index contributed by atoms with van der Waals surface area (Å²) in [7, 11) is -0.985. The molecule has 0 heterocycles. The largest absolute Gasteiger partial charge is 0.242 e. The first kappa shape index (κ1) is 15.3. The molecule has 0 aliphatic carbocycles. The summed E-state index contributed by atoms with van der Waals surface area (Å²) in [4.78, 5) is 0. The van der Waals surface area contributed by atoms with Gasteiger partial charge in [0.05, 0.1) is 15.7 Å². The molecule has 0 spiro atoms. The molecule has 2 atom stereocenters. The van der Waals surface area contributed by atoms with E-state index in [0.717, 1.165) is 24.6 Å². The monoisotopic (exact) mass is 295 g/mol. The van der Waals surface area contributed by atoms with E-state index in [-0.39, 0.29) is 10.8 Å². The summed E-state index contributed by atoms with van der Waals surface area (Å²) in [5.74, 6) is 0. The first-order valence-electron chi connectivity index (χ1n) is 5.26. The SMILES string of the molecule is C=CC[C@@H](CCCBr)N[S@](=O)C(C)(C)C. The molecular formula is C11H22BrNOS. The summed E-state index contributed by atoms with van der Waals surface area (Å²) in [5, 5.41) is 0.991. The Bertz CT molecular complexity index is 213. The van der Waals surface area contributed by atoms with Crippen molar-refractivity contribution in [3.05, 3.63) is 12.7 Å². The maximum Gasteiger partial charge on any atom is 0.0972 e. The van der Waals surface area contributed by atoms with Gasteiger partial charge in [-0.15, -0.1) is 6.58 Å². The predicted molar refractivity (Wildman–Crippen MR) is 72.7 cm³/mol. The summed E-state index contributed by atoms with van der Waals surface area (Å²) in [6, 6.07) is 0.278. The lowest BCUT2D eigenvalue weighted by Gasteiger charge is -2.23. The van der Waals surface area contributed by atoms with Gasteiger partial charge in [0, 0.05) is 11.4 Å². The number of nitrogens with one attached hydrogen (secondary N) is 1. The molecule has 0 fully saturated rings. The van der Waals surface area contributed by atoms with Crippen LogP contribution < -0.4 is 4.72 Å². The molecule has 0 bridgehead atoms. The maximum atomic E-state index is 11.9. The van der Waals surface area contributed by atoms with Crippen LogP contribution in [0.1, 0.15) is 40.0 Å². The quantitative estimate of drug-likeness (QED) is 0.567. The molecule has 0 saturated heterocycles. The highest BCUT2D eigenvalue weighted by molar-refractivity contribution is 9.09. The molecule has 0 aliphatic rings. The lowest BCUT2D eigenvalue weighted by molar-refractivity contribution is 0.551. The standard InChI is InChI=1S/C11H22BrNOS/c1-5-7-10(8-6-9-12)13-15(14)11(2,3)4/h5,10,13H,1,6-9H2,2-4H3/t10-,15+/m0/s1. The molecule has 0 amide bonds. The van der Waals surface area contributed by atoms with E-state index in [9.17, 15) is 4.21 Å². The van der Waals surface area contributed by atoms with Crippen LogP contribution in [0, 0.1) is 0 Å². The average molecular weight is 296 g/mol. The fraction of sp³-hybridized carbons (Fsp3) is 0.818. The summed E-state index contributed by atoms with van der Waals surface area (Å²) in [6.07, 6.45) is 4.87. The van der Waals surface area contributed by atoms with Gasteiger partial charge >= 0.3 is 0 Å². The molecule has 0 saturated carbocycles. The van der Waals surface area contributed by atoms with Crippen molar-refractivity contribution in [3.63, 3.8) is 0 Å². The Labute approximate surface area is 105 Å². The van der Waals surface area contributed by atoms with Crippen LogP contribution in [-0.2, 0) is 11.0 Å². The van der Waals surface area contributed by atoms with Crippen LogP contribution in [0.15, 0.2) is 12.7 Å². The van der Waals surface area contributed by atoms with Gasteiger partial charge in [0.1, 0.15) is 0 Å². The lowest BCUT2D eigenvalue weighted by atomic mass is 10.1. The third kappa shape index (κ3) is 7.25. The van der Waals surface area contributed by atoms with E-state index >= 15 is 0 Å². The Hall–Kier alpha value is 0.330. The smallest absolute Gasteiger partial charge is 0.0972 e. The second-order valence-electron chi connectivity index (χ2n) is 4.55. The van der Waals surface area contributed by atoms with Crippen LogP contribution in [0.25, 0.3) is 0 Å². The Morgan fingerprint density at radius 3 is 2.53 bits per heavy atom. The minimum atomic E-state index is -0.985. The van der Waals surface area contributed by atoms with Crippen molar-refractivity contribution < 1.29 is 4.21 Å². The van der Waals surface area contributed by atoms with Gasteiger partial charge < -0.3 is 0 Å². The van der Waals surface area contributed by atoms with Crippen molar-refractivity contribution in [1.82, 2.24) is 4.72 Å². The van der Waals surface area contributed by atoms with Gasteiger partial charge in [0.2, 0.25) is 0 Å². The molecule has 0 aromatic heterocycles. The van der Waals surface area contributed by atoms with Crippen LogP contribution in [0.5, 0.6) is 0 Å². The first-order valence-corrected chi connectivity index (χ1v) is 7.54. The van der Waals surface area contributed by atoms with Crippen molar-refractivity contribution in [2.75, 3.05) is 5.33 Å². The van der Waals surface area contributed by atoms with Crippen LogP contribution in [0.4, 0.5) is 0 Å². The van der Waals surface area contributed by atoms with Gasteiger partial charge in [-0.25, -0.2) is 8.93 Å². The average Bonchev–Trinajstić information content (AvgIpc) is 2.13. The maximum absolute atomic E-state index is 11.9. The summed E-state index contributed by atoms with van der Waals surface area (Å²) in [6.45, 7) is 9.66. The van der Waals surface area contributed by atoms with Crippen LogP contribution in [-0.4, -0.2) is 20.3 Å². The number of hydrogen-bond donors (Lipinski definition) is 1. The minimum absolute atomic E-state index is 0.201. The molecule has 1 N–H and O–H groups in total. The highest BCUT2D eigenvalue weighted by atomic mass is 79.9. The molecule has 0 unspecified atom stereocenters. The van der Waals surface area contributed by atoms with Gasteiger partial charge in [0.15, 0.2) is 0 Å². The van der Waals surface area contributed by atoms with E-state index in [1.807, 2.05) is 26.8 Å². The third-order valence-electron chi connectivity index (χ3n) is 1.97. The molecule has 15 heavy (non-hydrogen) atoms. The third-order valence-corrected chi connectivity index (χ3v) is 4.19. The predicted octanol–water partition coefficient (Wildman–Crippen LogP) is 3.16. The van der Waals surface area contributed by atoms with Gasteiger partial charge in [-0.3, -0.25) is 0 Å². The van der Waals surface area contributed by atoms with E-state index < -0.39 is 11.0 Å². The minimum Gasteiger partial charge on any atom is -0.242 e. The summed E-state index contributed by atoms with van der Waals surface area (Å²) < 4.78 is 14.8. The number of halogens is 1. The van der Waals surface area contributed by atoms with Gasteiger partial charge in [0.25, 0.3) is 0 Å². The Morgan fingerprint density at radius 2 is 2.13 bits per heavy atom. The van der Waals surface area contributed by atoms with E-state index in [0.29, 0.717) is 0 Å². The van der Waals surface area contributed by atoms with Crippen LogP contribution in [0.3, 0.4) is 0 Å². The van der Waals surface area contributed by atoms with Gasteiger partial charge in [-0.05, 0) is 40.0 Å². The summed E-state index contributed by atoms with van der Waals surface area (Å²) in [5.41, 5.74) is 0. The van der Waals surface area contributed by atoms with Gasteiger partial charge in [-0.2, -0.15) is 0 Å². The number of alkyl halides is 1. The normalized spacial score (nSPS) is 16.0. The Kier molecular flexibility index (Phi) is 7.75. The molecule has 90 valence electrons. The molecule has 0 radical (unpaired) electrons. The number of rotatable bonds is 7. The van der Waals surface area contributed by atoms with Crippen molar-refractivity contribution in [2.24, 2.45) is 0 Å². The fourth-order valence-corrected chi connectivity index (χ4v) is 2.27. The van der Waals surface area contributed by atoms with E-state index in [4.69, 9.17) is 0 Å². The topological polar surface area (TPSA) is 29.1 Å². The zero-order valence-electron chi connectivity index (χ0n) is 9.88. The van der Waals surface area contributed by atoms with Crippen molar-refractivity contribution >= 4 is 26.9 Å². The molecular weight excluding hydrogens is 274 g/mol. The lowest BCUT2D eigenvalue weighted by Crippen LogP contribution is -2.39. The van der Waals surface area contributed by atoms with E-state index in [1.165, 1.54) is 0 Å². The van der Waals surface area contributed by atoms with Gasteiger partial charge in [-0.1, -0.05) is 22.0 Å².